The average molecular weight is 317 g/mol. The van der Waals surface area contributed by atoms with Gasteiger partial charge < -0.3 is 9.64 Å². The number of likely N-dealkylation sites (tertiary alicyclic amines) is 1. The first kappa shape index (κ1) is 16.7. The summed E-state index contributed by atoms with van der Waals surface area (Å²) in [6.07, 6.45) is -3.34. The fourth-order valence-corrected chi connectivity index (χ4v) is 2.75. The third kappa shape index (κ3) is 3.06. The van der Waals surface area contributed by atoms with Crippen LogP contribution in [0.4, 0.5) is 13.2 Å². The zero-order valence-corrected chi connectivity index (χ0v) is 12.7. The van der Waals surface area contributed by atoms with Gasteiger partial charge in [-0.3, -0.25) is 4.79 Å². The number of amides is 1. The van der Waals surface area contributed by atoms with Gasteiger partial charge in [-0.1, -0.05) is 0 Å². The van der Waals surface area contributed by atoms with Crippen molar-refractivity contribution in [2.45, 2.75) is 38.4 Å². The molecule has 0 spiro atoms. The van der Waals surface area contributed by atoms with E-state index in [0.717, 1.165) is 6.07 Å². The summed E-state index contributed by atoms with van der Waals surface area (Å²) in [5.74, 6) is -0.247. The summed E-state index contributed by atoms with van der Waals surface area (Å²) in [6, 6.07) is 0.906. The van der Waals surface area contributed by atoms with E-state index in [4.69, 9.17) is 4.74 Å². The molecule has 0 aromatic carbocycles. The Hall–Kier alpha value is -1.70. The zero-order chi connectivity index (χ0) is 16.5. The fourth-order valence-electron chi connectivity index (χ4n) is 2.75. The minimum Gasteiger partial charge on any atom is -0.375 e. The minimum atomic E-state index is -4.54. The van der Waals surface area contributed by atoms with E-state index < -0.39 is 17.4 Å². The van der Waals surface area contributed by atoms with E-state index in [2.05, 4.69) is 9.97 Å². The molecule has 0 bridgehead atoms. The van der Waals surface area contributed by atoms with Gasteiger partial charge in [0, 0.05) is 19.3 Å². The third-order valence-electron chi connectivity index (χ3n) is 3.84. The second-order valence-corrected chi connectivity index (χ2v) is 5.57. The highest BCUT2D eigenvalue weighted by molar-refractivity contribution is 5.78. The Morgan fingerprint density at radius 1 is 1.45 bits per heavy atom. The molecule has 1 aromatic heterocycles. The molecule has 0 aliphatic carbocycles. The predicted octanol–water partition coefficient (Wildman–Crippen LogP) is 2.29. The van der Waals surface area contributed by atoms with Crippen molar-refractivity contribution in [1.82, 2.24) is 14.9 Å². The molecule has 5 nitrogen and oxygen atoms in total. The Morgan fingerprint density at radius 2 is 2.14 bits per heavy atom. The molecule has 1 fully saturated rings. The number of hydrogen-bond donors (Lipinski definition) is 0. The Labute approximate surface area is 126 Å². The van der Waals surface area contributed by atoms with Gasteiger partial charge in [0.25, 0.3) is 0 Å². The van der Waals surface area contributed by atoms with Gasteiger partial charge in [-0.25, -0.2) is 9.97 Å². The Bertz CT molecular complexity index is 577. The maximum absolute atomic E-state index is 12.9. The lowest BCUT2D eigenvalue weighted by molar-refractivity contribution is -0.142. The summed E-state index contributed by atoms with van der Waals surface area (Å²) in [4.78, 5) is 21.5. The topological polar surface area (TPSA) is 55.3 Å². The lowest BCUT2D eigenvalue weighted by Gasteiger charge is -2.34. The third-order valence-corrected chi connectivity index (χ3v) is 3.84. The van der Waals surface area contributed by atoms with E-state index in [0.29, 0.717) is 19.4 Å². The lowest BCUT2D eigenvalue weighted by Crippen LogP contribution is -2.45. The van der Waals surface area contributed by atoms with Gasteiger partial charge in [0.2, 0.25) is 5.91 Å². The molecule has 22 heavy (non-hydrogen) atoms. The molecule has 1 saturated heterocycles. The summed E-state index contributed by atoms with van der Waals surface area (Å²) < 4.78 is 43.7. The number of alkyl halides is 3. The van der Waals surface area contributed by atoms with Gasteiger partial charge in [-0.2, -0.15) is 13.2 Å². The fraction of sp³-hybridized carbons (Fsp3) is 0.643. The van der Waals surface area contributed by atoms with Crippen molar-refractivity contribution in [2.24, 2.45) is 0 Å². The van der Waals surface area contributed by atoms with Gasteiger partial charge in [0.05, 0.1) is 5.54 Å². The van der Waals surface area contributed by atoms with Crippen LogP contribution >= 0.6 is 0 Å². The molecule has 1 aromatic rings. The van der Waals surface area contributed by atoms with Crippen molar-refractivity contribution < 1.29 is 22.7 Å². The summed E-state index contributed by atoms with van der Waals surface area (Å²) in [5.41, 5.74) is -1.70. The summed E-state index contributed by atoms with van der Waals surface area (Å²) in [7, 11) is 1.40. The largest absolute Gasteiger partial charge is 0.433 e. The van der Waals surface area contributed by atoms with Crippen LogP contribution in [0.1, 0.15) is 37.0 Å². The van der Waals surface area contributed by atoms with Crippen LogP contribution in [-0.4, -0.2) is 41.0 Å². The van der Waals surface area contributed by atoms with Crippen LogP contribution in [0.5, 0.6) is 0 Å². The number of halogens is 3. The number of rotatable bonds is 3. The van der Waals surface area contributed by atoms with Crippen molar-refractivity contribution in [3.05, 3.63) is 23.3 Å². The molecule has 1 atom stereocenters. The number of carbonyl (C=O) groups is 1. The smallest absolute Gasteiger partial charge is 0.375 e. The van der Waals surface area contributed by atoms with Crippen LogP contribution in [0.2, 0.25) is 0 Å². The van der Waals surface area contributed by atoms with Crippen LogP contribution in [0.15, 0.2) is 6.07 Å². The number of ether oxygens (including phenoxy) is 1. The molecular weight excluding hydrogens is 299 g/mol. The minimum absolute atomic E-state index is 0.0294. The molecule has 1 aliphatic rings. The molecule has 2 rings (SSSR count). The molecule has 1 amide bonds. The molecule has 0 N–H and O–H groups in total. The Morgan fingerprint density at radius 3 is 2.73 bits per heavy atom. The predicted molar refractivity (Wildman–Crippen MR) is 71.9 cm³/mol. The van der Waals surface area contributed by atoms with Crippen molar-refractivity contribution >= 4 is 5.91 Å². The van der Waals surface area contributed by atoms with Gasteiger partial charge in [-0.15, -0.1) is 0 Å². The van der Waals surface area contributed by atoms with Crippen LogP contribution in [0, 0.1) is 6.92 Å². The molecule has 1 aliphatic heterocycles. The summed E-state index contributed by atoms with van der Waals surface area (Å²) >= 11 is 0. The van der Waals surface area contributed by atoms with Crippen LogP contribution < -0.4 is 0 Å². The monoisotopic (exact) mass is 317 g/mol. The highest BCUT2D eigenvalue weighted by Crippen LogP contribution is 2.38. The van der Waals surface area contributed by atoms with Crippen LogP contribution in [0.3, 0.4) is 0 Å². The zero-order valence-electron chi connectivity index (χ0n) is 12.7. The standard InChI is InChI=1S/C14H18F3N3O2/c1-9-7-10(14(15,16)17)19-12(18-9)13(2)5-4-6-20(13)11(21)8-22-3/h7H,4-6,8H2,1-3H3. The first-order valence-corrected chi connectivity index (χ1v) is 6.91. The van der Waals surface area contributed by atoms with E-state index in [9.17, 15) is 18.0 Å². The molecule has 0 radical (unpaired) electrons. The van der Waals surface area contributed by atoms with Crippen LogP contribution in [-0.2, 0) is 21.2 Å². The number of carbonyl (C=O) groups excluding carboxylic acids is 1. The maximum Gasteiger partial charge on any atom is 0.433 e. The van der Waals surface area contributed by atoms with Crippen molar-refractivity contribution in [1.29, 1.82) is 0 Å². The summed E-state index contributed by atoms with van der Waals surface area (Å²) in [6.45, 7) is 3.52. The van der Waals surface area contributed by atoms with E-state index in [1.165, 1.54) is 18.9 Å². The molecule has 8 heteroatoms. The normalized spacial score (nSPS) is 22.2. The molecule has 0 saturated carbocycles. The van der Waals surface area contributed by atoms with E-state index in [1.54, 1.807) is 6.92 Å². The molecule has 122 valence electrons. The summed E-state index contributed by atoms with van der Waals surface area (Å²) in [5, 5.41) is 0. The molecular formula is C14H18F3N3O2. The van der Waals surface area contributed by atoms with E-state index >= 15 is 0 Å². The maximum atomic E-state index is 12.9. The van der Waals surface area contributed by atoms with Crippen LogP contribution in [0.25, 0.3) is 0 Å². The van der Waals surface area contributed by atoms with Crippen molar-refractivity contribution in [3.8, 4) is 0 Å². The second kappa shape index (κ2) is 5.83. The Balaban J connectivity index is 2.44. The number of methoxy groups -OCH3 is 1. The van der Waals surface area contributed by atoms with Gasteiger partial charge in [0.15, 0.2) is 5.82 Å². The highest BCUT2D eigenvalue weighted by Gasteiger charge is 2.44. The Kier molecular flexibility index (Phi) is 4.42. The van der Waals surface area contributed by atoms with Crippen molar-refractivity contribution in [2.75, 3.05) is 20.3 Å². The first-order chi connectivity index (χ1) is 10.2. The average Bonchev–Trinajstić information content (AvgIpc) is 2.81. The first-order valence-electron chi connectivity index (χ1n) is 6.91. The highest BCUT2D eigenvalue weighted by atomic mass is 19.4. The quantitative estimate of drug-likeness (QED) is 0.858. The number of hydrogen-bond acceptors (Lipinski definition) is 4. The van der Waals surface area contributed by atoms with E-state index in [1.807, 2.05) is 0 Å². The molecule has 1 unspecified atom stereocenters. The van der Waals surface area contributed by atoms with Gasteiger partial charge in [0.1, 0.15) is 12.3 Å². The SMILES string of the molecule is COCC(=O)N1CCCC1(C)c1nc(C)cc(C(F)(F)F)n1. The molecule has 2 heterocycles. The number of aromatic nitrogens is 2. The van der Waals surface area contributed by atoms with Gasteiger partial charge in [-0.05, 0) is 32.8 Å². The van der Waals surface area contributed by atoms with E-state index in [-0.39, 0.29) is 24.0 Å². The number of nitrogens with zero attached hydrogens (tertiary/aromatic N) is 3. The second-order valence-electron chi connectivity index (χ2n) is 5.57. The number of aryl methyl sites for hydroxylation is 1. The lowest BCUT2D eigenvalue weighted by atomic mass is 9.97. The van der Waals surface area contributed by atoms with Crippen molar-refractivity contribution in [3.63, 3.8) is 0 Å². The van der Waals surface area contributed by atoms with Gasteiger partial charge >= 0.3 is 6.18 Å².